The summed E-state index contributed by atoms with van der Waals surface area (Å²) >= 11 is 0. The van der Waals surface area contributed by atoms with Gasteiger partial charge in [-0.2, -0.15) is 13.2 Å². The molecule has 0 bridgehead atoms. The average molecular weight is 444 g/mol. The van der Waals surface area contributed by atoms with E-state index in [4.69, 9.17) is 0 Å². The normalized spacial score (nSPS) is 11.5. The Morgan fingerprint density at radius 3 is 2.12 bits per heavy atom. The third-order valence-corrected chi connectivity index (χ3v) is 4.85. The molecule has 2 aromatic carbocycles. The van der Waals surface area contributed by atoms with Crippen LogP contribution in [0, 0.1) is 11.6 Å². The number of pyridine rings is 1. The molecule has 0 aliphatic carbocycles. The van der Waals surface area contributed by atoms with Crippen molar-refractivity contribution in [1.29, 1.82) is 0 Å². The first-order chi connectivity index (χ1) is 15.2. The number of carbonyl (C=O) groups is 2. The van der Waals surface area contributed by atoms with Crippen LogP contribution >= 0.6 is 0 Å². The number of fused-ring (bicyclic) bond motifs is 1. The Labute approximate surface area is 177 Å². The SMILES string of the molecule is O=Cc1cccc2cc(C(F)(F)F)c(-c3ccc(NC(=O)c4c(F)cccc4F)cc3)n12. The summed E-state index contributed by atoms with van der Waals surface area (Å²) in [6.45, 7) is 0. The summed E-state index contributed by atoms with van der Waals surface area (Å²) in [5.74, 6) is -3.13. The molecule has 4 rings (SSSR count). The molecule has 1 N–H and O–H groups in total. The fourth-order valence-corrected chi connectivity index (χ4v) is 3.46. The van der Waals surface area contributed by atoms with E-state index in [1.165, 1.54) is 46.9 Å². The number of aromatic nitrogens is 1. The van der Waals surface area contributed by atoms with Crippen molar-refractivity contribution < 1.29 is 31.5 Å². The zero-order valence-corrected chi connectivity index (χ0v) is 16.1. The van der Waals surface area contributed by atoms with Crippen molar-refractivity contribution in [2.75, 3.05) is 5.32 Å². The lowest BCUT2D eigenvalue weighted by Gasteiger charge is -2.12. The molecule has 0 radical (unpaired) electrons. The topological polar surface area (TPSA) is 50.6 Å². The summed E-state index contributed by atoms with van der Waals surface area (Å²) in [6.07, 6.45) is -4.23. The van der Waals surface area contributed by atoms with Crippen LogP contribution in [-0.4, -0.2) is 16.6 Å². The number of hydrogen-bond acceptors (Lipinski definition) is 2. The molecule has 0 atom stereocenters. The van der Waals surface area contributed by atoms with Gasteiger partial charge in [0.1, 0.15) is 17.2 Å². The first-order valence-corrected chi connectivity index (χ1v) is 9.23. The third-order valence-electron chi connectivity index (χ3n) is 4.85. The van der Waals surface area contributed by atoms with E-state index < -0.39 is 34.8 Å². The third kappa shape index (κ3) is 3.73. The fourth-order valence-electron chi connectivity index (χ4n) is 3.46. The number of alkyl halides is 3. The molecule has 2 heterocycles. The molecule has 162 valence electrons. The fraction of sp³-hybridized carbons (Fsp3) is 0.0435. The molecular formula is C23H13F5N2O2. The van der Waals surface area contributed by atoms with Crippen LogP contribution in [0.15, 0.2) is 66.7 Å². The molecule has 0 saturated carbocycles. The molecule has 0 spiro atoms. The quantitative estimate of drug-likeness (QED) is 0.312. The van der Waals surface area contributed by atoms with Gasteiger partial charge in [-0.3, -0.25) is 9.59 Å². The maximum absolute atomic E-state index is 13.8. The Kier molecular flexibility index (Phi) is 5.25. The van der Waals surface area contributed by atoms with Crippen molar-refractivity contribution in [1.82, 2.24) is 4.40 Å². The highest BCUT2D eigenvalue weighted by atomic mass is 19.4. The van der Waals surface area contributed by atoms with Gasteiger partial charge in [0.15, 0.2) is 6.29 Å². The molecule has 32 heavy (non-hydrogen) atoms. The van der Waals surface area contributed by atoms with Gasteiger partial charge in [-0.05, 0) is 48.0 Å². The summed E-state index contributed by atoms with van der Waals surface area (Å²) in [7, 11) is 0. The van der Waals surface area contributed by atoms with Gasteiger partial charge in [0.25, 0.3) is 5.91 Å². The largest absolute Gasteiger partial charge is 0.418 e. The molecule has 2 aromatic heterocycles. The van der Waals surface area contributed by atoms with Crippen molar-refractivity contribution in [3.05, 3.63) is 95.2 Å². The van der Waals surface area contributed by atoms with Crippen molar-refractivity contribution in [2.45, 2.75) is 6.18 Å². The number of aldehydes is 1. The molecular weight excluding hydrogens is 431 g/mol. The standard InChI is InChI=1S/C23H13F5N2O2/c24-18-5-2-6-19(25)20(18)22(32)29-14-9-7-13(8-10-14)21-17(23(26,27)28)11-15-3-1-4-16(12-31)30(15)21/h1-12H,(H,29,32). The second kappa shape index (κ2) is 7.92. The molecule has 0 saturated heterocycles. The van der Waals surface area contributed by atoms with Crippen molar-refractivity contribution in [2.24, 2.45) is 0 Å². The monoisotopic (exact) mass is 444 g/mol. The van der Waals surface area contributed by atoms with Crippen LogP contribution in [0.1, 0.15) is 26.4 Å². The van der Waals surface area contributed by atoms with Crippen LogP contribution in [0.2, 0.25) is 0 Å². The second-order valence-corrected chi connectivity index (χ2v) is 6.86. The van der Waals surface area contributed by atoms with E-state index in [0.29, 0.717) is 6.29 Å². The molecule has 9 heteroatoms. The van der Waals surface area contributed by atoms with Crippen LogP contribution in [0.25, 0.3) is 16.8 Å². The Hall–Kier alpha value is -4.01. The molecule has 0 aliphatic heterocycles. The molecule has 0 fully saturated rings. The maximum Gasteiger partial charge on any atom is 0.418 e. The second-order valence-electron chi connectivity index (χ2n) is 6.86. The van der Waals surface area contributed by atoms with E-state index in [1.54, 1.807) is 0 Å². The van der Waals surface area contributed by atoms with E-state index in [2.05, 4.69) is 5.32 Å². The molecule has 4 nitrogen and oxygen atoms in total. The number of benzene rings is 2. The number of anilines is 1. The van der Waals surface area contributed by atoms with Gasteiger partial charge in [-0.15, -0.1) is 0 Å². The average Bonchev–Trinajstić information content (AvgIpc) is 3.14. The Balaban J connectivity index is 1.75. The van der Waals surface area contributed by atoms with Gasteiger partial charge in [0, 0.05) is 11.2 Å². The number of nitrogens with one attached hydrogen (secondary N) is 1. The predicted molar refractivity (Wildman–Crippen MR) is 108 cm³/mol. The number of carbonyl (C=O) groups excluding carboxylic acids is 2. The van der Waals surface area contributed by atoms with E-state index in [0.717, 1.165) is 24.3 Å². The van der Waals surface area contributed by atoms with Crippen LogP contribution in [0.3, 0.4) is 0 Å². The lowest BCUT2D eigenvalue weighted by atomic mass is 10.1. The van der Waals surface area contributed by atoms with Gasteiger partial charge in [-0.25, -0.2) is 8.78 Å². The van der Waals surface area contributed by atoms with E-state index in [1.807, 2.05) is 0 Å². The summed E-state index contributed by atoms with van der Waals surface area (Å²) in [5.41, 5.74) is -1.49. The minimum absolute atomic E-state index is 0.0282. The van der Waals surface area contributed by atoms with E-state index in [9.17, 15) is 31.5 Å². The van der Waals surface area contributed by atoms with Crippen molar-refractivity contribution in [3.63, 3.8) is 0 Å². The minimum atomic E-state index is -4.68. The Bertz CT molecular complexity index is 1320. The molecule has 0 aliphatic rings. The summed E-state index contributed by atoms with van der Waals surface area (Å²) in [5, 5.41) is 2.31. The minimum Gasteiger partial charge on any atom is -0.322 e. The molecule has 4 aromatic rings. The van der Waals surface area contributed by atoms with E-state index >= 15 is 0 Å². The van der Waals surface area contributed by atoms with Crippen molar-refractivity contribution >= 4 is 23.4 Å². The highest BCUT2D eigenvalue weighted by Crippen LogP contribution is 2.40. The Morgan fingerprint density at radius 1 is 0.906 bits per heavy atom. The lowest BCUT2D eigenvalue weighted by Crippen LogP contribution is -2.15. The van der Waals surface area contributed by atoms with Crippen LogP contribution in [-0.2, 0) is 6.18 Å². The van der Waals surface area contributed by atoms with Gasteiger partial charge in [0.2, 0.25) is 0 Å². The Morgan fingerprint density at radius 2 is 1.53 bits per heavy atom. The number of hydrogen-bond donors (Lipinski definition) is 1. The summed E-state index contributed by atoms with van der Waals surface area (Å²) < 4.78 is 69.9. The zero-order chi connectivity index (χ0) is 23.0. The summed E-state index contributed by atoms with van der Waals surface area (Å²) in [4.78, 5) is 23.6. The maximum atomic E-state index is 13.8. The highest BCUT2D eigenvalue weighted by molar-refractivity contribution is 6.04. The molecule has 0 unspecified atom stereocenters. The van der Waals surface area contributed by atoms with Gasteiger partial charge in [-0.1, -0.05) is 24.3 Å². The molecule has 1 amide bonds. The zero-order valence-electron chi connectivity index (χ0n) is 16.1. The first kappa shape index (κ1) is 21.2. The van der Waals surface area contributed by atoms with Gasteiger partial charge >= 0.3 is 6.18 Å². The van der Waals surface area contributed by atoms with Crippen molar-refractivity contribution in [3.8, 4) is 11.3 Å². The highest BCUT2D eigenvalue weighted by Gasteiger charge is 2.36. The van der Waals surface area contributed by atoms with Crippen LogP contribution < -0.4 is 5.32 Å². The lowest BCUT2D eigenvalue weighted by molar-refractivity contribution is -0.137. The summed E-state index contributed by atoms with van der Waals surface area (Å²) in [6, 6.07) is 13.5. The smallest absolute Gasteiger partial charge is 0.322 e. The number of amides is 1. The first-order valence-electron chi connectivity index (χ1n) is 9.23. The van der Waals surface area contributed by atoms with Crippen LogP contribution in [0.4, 0.5) is 27.6 Å². The van der Waals surface area contributed by atoms with Gasteiger partial charge < -0.3 is 9.72 Å². The van der Waals surface area contributed by atoms with Gasteiger partial charge in [0.05, 0.1) is 17.0 Å². The predicted octanol–water partition coefficient (Wildman–Crippen LogP) is 5.97. The van der Waals surface area contributed by atoms with E-state index in [-0.39, 0.29) is 28.2 Å². The number of nitrogens with zero attached hydrogens (tertiary/aromatic N) is 1. The number of halogens is 5. The number of rotatable bonds is 4. The van der Waals surface area contributed by atoms with Crippen LogP contribution in [0.5, 0.6) is 0 Å².